The summed E-state index contributed by atoms with van der Waals surface area (Å²) in [6.45, 7) is 2.70. The van der Waals surface area contributed by atoms with Crippen LogP contribution < -0.4 is 10.1 Å². The molecule has 0 unspecified atom stereocenters. The maximum atomic E-state index is 13.3. The van der Waals surface area contributed by atoms with Crippen molar-refractivity contribution in [1.82, 2.24) is 0 Å². The van der Waals surface area contributed by atoms with Gasteiger partial charge in [0.05, 0.1) is 17.2 Å². The standard InChI is InChI=1S/C23H22ClNO4S2/c1-2-3-12-29-19-7-5-4-6-17(19)18-13-21(26)25-22-20(14-30-23(18)22)31(27,28)16-10-8-15(24)9-11-16/h4-11,14,18H,2-3,12-13H2,1H3,(H,25,26)/t18-/m0/s1. The zero-order valence-electron chi connectivity index (χ0n) is 16.9. The number of amides is 1. The molecule has 3 aromatic rings. The van der Waals surface area contributed by atoms with Gasteiger partial charge < -0.3 is 10.1 Å². The van der Waals surface area contributed by atoms with E-state index in [0.717, 1.165) is 29.0 Å². The molecule has 0 saturated carbocycles. The maximum absolute atomic E-state index is 13.3. The SMILES string of the molecule is CCCCOc1ccccc1[C@@H]1CC(=O)Nc2c(S(=O)(=O)c3ccc(Cl)cc3)csc21. The number of hydrogen-bond donors (Lipinski definition) is 1. The van der Waals surface area contributed by atoms with Crippen LogP contribution >= 0.6 is 22.9 Å². The average molecular weight is 476 g/mol. The number of carbonyl (C=O) groups is 1. The summed E-state index contributed by atoms with van der Waals surface area (Å²) >= 11 is 7.25. The zero-order chi connectivity index (χ0) is 22.0. The lowest BCUT2D eigenvalue weighted by atomic mass is 9.90. The van der Waals surface area contributed by atoms with Crippen molar-refractivity contribution in [2.24, 2.45) is 0 Å². The lowest BCUT2D eigenvalue weighted by Gasteiger charge is -2.25. The highest BCUT2D eigenvalue weighted by Crippen LogP contribution is 2.47. The van der Waals surface area contributed by atoms with Gasteiger partial charge in [-0.15, -0.1) is 11.3 Å². The van der Waals surface area contributed by atoms with Gasteiger partial charge in [0.15, 0.2) is 0 Å². The van der Waals surface area contributed by atoms with E-state index in [1.54, 1.807) is 17.5 Å². The van der Waals surface area contributed by atoms with Crippen molar-refractivity contribution in [3.8, 4) is 5.75 Å². The molecule has 0 saturated heterocycles. The normalized spacial score (nSPS) is 15.9. The van der Waals surface area contributed by atoms with Gasteiger partial charge in [-0.25, -0.2) is 8.42 Å². The Morgan fingerprint density at radius 2 is 1.90 bits per heavy atom. The first-order valence-corrected chi connectivity index (χ1v) is 12.8. The summed E-state index contributed by atoms with van der Waals surface area (Å²) in [4.78, 5) is 13.6. The van der Waals surface area contributed by atoms with Crippen LogP contribution in [0.1, 0.15) is 42.5 Å². The Hall–Kier alpha value is -2.35. The number of ether oxygens (including phenoxy) is 1. The summed E-state index contributed by atoms with van der Waals surface area (Å²) in [6, 6.07) is 13.7. The van der Waals surface area contributed by atoms with E-state index in [2.05, 4.69) is 12.2 Å². The van der Waals surface area contributed by atoms with E-state index in [1.165, 1.54) is 23.5 Å². The molecule has 162 valence electrons. The number of benzene rings is 2. The molecule has 0 fully saturated rings. The van der Waals surface area contributed by atoms with Crippen molar-refractivity contribution in [2.45, 2.75) is 41.9 Å². The first-order valence-electron chi connectivity index (χ1n) is 10.1. The highest BCUT2D eigenvalue weighted by atomic mass is 35.5. The largest absolute Gasteiger partial charge is 0.493 e. The Labute approximate surface area is 190 Å². The first kappa shape index (κ1) is 21.9. The van der Waals surface area contributed by atoms with Crippen LogP contribution in [-0.2, 0) is 14.6 Å². The van der Waals surface area contributed by atoms with Crippen LogP contribution in [0.5, 0.6) is 5.75 Å². The zero-order valence-corrected chi connectivity index (χ0v) is 19.3. The van der Waals surface area contributed by atoms with Crippen LogP contribution in [0.25, 0.3) is 0 Å². The molecular weight excluding hydrogens is 454 g/mol. The van der Waals surface area contributed by atoms with Gasteiger partial charge in [-0.3, -0.25) is 4.79 Å². The van der Waals surface area contributed by atoms with Crippen molar-refractivity contribution in [3.63, 3.8) is 0 Å². The van der Waals surface area contributed by atoms with Crippen molar-refractivity contribution < 1.29 is 17.9 Å². The van der Waals surface area contributed by atoms with Gasteiger partial charge >= 0.3 is 0 Å². The number of thiophene rings is 1. The molecule has 1 aromatic heterocycles. The number of halogens is 1. The summed E-state index contributed by atoms with van der Waals surface area (Å²) in [7, 11) is -3.80. The summed E-state index contributed by atoms with van der Waals surface area (Å²) in [5, 5.41) is 4.86. The fourth-order valence-corrected chi connectivity index (χ4v) is 6.65. The first-order chi connectivity index (χ1) is 14.9. The van der Waals surface area contributed by atoms with Gasteiger partial charge in [0.1, 0.15) is 10.6 Å². The van der Waals surface area contributed by atoms with E-state index in [0.29, 0.717) is 17.3 Å². The average Bonchev–Trinajstić information content (AvgIpc) is 3.19. The smallest absolute Gasteiger partial charge is 0.225 e. The third-order valence-corrected chi connectivity index (χ3v) is 8.51. The molecule has 4 rings (SSSR count). The van der Waals surface area contributed by atoms with Crippen molar-refractivity contribution in [1.29, 1.82) is 0 Å². The molecule has 0 spiro atoms. The van der Waals surface area contributed by atoms with Crippen molar-refractivity contribution >= 4 is 44.4 Å². The fourth-order valence-electron chi connectivity index (χ4n) is 3.62. The number of rotatable bonds is 7. The number of unbranched alkanes of at least 4 members (excludes halogenated alkanes) is 1. The van der Waals surface area contributed by atoms with Gasteiger partial charge in [0.25, 0.3) is 0 Å². The van der Waals surface area contributed by atoms with E-state index in [1.807, 2.05) is 24.3 Å². The Bertz CT molecular complexity index is 1200. The Morgan fingerprint density at radius 3 is 2.65 bits per heavy atom. The highest BCUT2D eigenvalue weighted by molar-refractivity contribution is 7.91. The van der Waals surface area contributed by atoms with E-state index in [-0.39, 0.29) is 28.0 Å². The quantitative estimate of drug-likeness (QED) is 0.432. The second-order valence-corrected chi connectivity index (χ2v) is 10.6. The molecule has 2 aromatic carbocycles. The molecule has 8 heteroatoms. The predicted octanol–water partition coefficient (Wildman–Crippen LogP) is 5.89. The molecule has 2 heterocycles. The fraction of sp³-hybridized carbons (Fsp3) is 0.261. The Balaban J connectivity index is 1.76. The molecule has 1 amide bonds. The van der Waals surface area contributed by atoms with Crippen LogP contribution in [0.4, 0.5) is 5.69 Å². The van der Waals surface area contributed by atoms with E-state index < -0.39 is 9.84 Å². The second-order valence-electron chi connectivity index (χ2n) is 7.34. The molecule has 0 radical (unpaired) electrons. The molecule has 0 aliphatic carbocycles. The van der Waals surface area contributed by atoms with Gasteiger partial charge in [0, 0.05) is 33.2 Å². The second kappa shape index (κ2) is 9.02. The van der Waals surface area contributed by atoms with Crippen molar-refractivity contribution in [2.75, 3.05) is 11.9 Å². The van der Waals surface area contributed by atoms with Crippen LogP contribution in [-0.4, -0.2) is 20.9 Å². The topological polar surface area (TPSA) is 72.5 Å². The van der Waals surface area contributed by atoms with Gasteiger partial charge in [-0.2, -0.15) is 0 Å². The molecule has 5 nitrogen and oxygen atoms in total. The van der Waals surface area contributed by atoms with Crippen LogP contribution in [0.15, 0.2) is 63.7 Å². The molecule has 1 aliphatic rings. The Kier molecular flexibility index (Phi) is 6.36. The molecule has 1 atom stereocenters. The lowest BCUT2D eigenvalue weighted by molar-refractivity contribution is -0.116. The van der Waals surface area contributed by atoms with Crippen LogP contribution in [0.2, 0.25) is 5.02 Å². The number of nitrogens with one attached hydrogen (secondary N) is 1. The minimum atomic E-state index is -3.80. The van der Waals surface area contributed by atoms with E-state index >= 15 is 0 Å². The number of anilines is 1. The minimum Gasteiger partial charge on any atom is -0.493 e. The number of sulfone groups is 1. The summed E-state index contributed by atoms with van der Waals surface area (Å²) < 4.78 is 32.5. The molecular formula is C23H22ClNO4S2. The molecule has 0 bridgehead atoms. The third-order valence-electron chi connectivity index (χ3n) is 5.22. The lowest BCUT2D eigenvalue weighted by Crippen LogP contribution is -2.23. The van der Waals surface area contributed by atoms with Gasteiger partial charge in [-0.05, 0) is 36.8 Å². The molecule has 31 heavy (non-hydrogen) atoms. The summed E-state index contributed by atoms with van der Waals surface area (Å²) in [5.74, 6) is 0.254. The number of para-hydroxylation sites is 1. The number of fused-ring (bicyclic) bond motifs is 1. The van der Waals surface area contributed by atoms with Crippen LogP contribution in [0, 0.1) is 0 Å². The predicted molar refractivity (Wildman–Crippen MR) is 123 cm³/mol. The van der Waals surface area contributed by atoms with Crippen molar-refractivity contribution in [3.05, 3.63) is 69.4 Å². The highest BCUT2D eigenvalue weighted by Gasteiger charge is 2.35. The summed E-state index contributed by atoms with van der Waals surface area (Å²) in [6.07, 6.45) is 2.20. The Morgan fingerprint density at radius 1 is 1.16 bits per heavy atom. The molecule has 1 N–H and O–H groups in total. The number of hydrogen-bond acceptors (Lipinski definition) is 5. The monoisotopic (exact) mass is 475 g/mol. The van der Waals surface area contributed by atoms with E-state index in [4.69, 9.17) is 16.3 Å². The van der Waals surface area contributed by atoms with E-state index in [9.17, 15) is 13.2 Å². The molecule has 1 aliphatic heterocycles. The number of carbonyl (C=O) groups excluding carboxylic acids is 1. The van der Waals surface area contributed by atoms with Crippen LogP contribution in [0.3, 0.4) is 0 Å². The van der Waals surface area contributed by atoms with Gasteiger partial charge in [0.2, 0.25) is 15.7 Å². The minimum absolute atomic E-state index is 0.109. The summed E-state index contributed by atoms with van der Waals surface area (Å²) in [5.41, 5.74) is 1.26. The maximum Gasteiger partial charge on any atom is 0.225 e. The third kappa shape index (κ3) is 4.35. The van der Waals surface area contributed by atoms with Gasteiger partial charge in [-0.1, -0.05) is 43.1 Å².